The van der Waals surface area contributed by atoms with Gasteiger partial charge in [-0.05, 0) is 48.2 Å². The van der Waals surface area contributed by atoms with E-state index in [0.29, 0.717) is 0 Å². The Morgan fingerprint density at radius 2 is 1.94 bits per heavy atom. The highest BCUT2D eigenvalue weighted by Gasteiger charge is 2.01. The predicted molar refractivity (Wildman–Crippen MR) is 72.5 cm³/mol. The van der Waals surface area contributed by atoms with Crippen molar-refractivity contribution in [2.24, 2.45) is 0 Å². The van der Waals surface area contributed by atoms with E-state index in [2.05, 4.69) is 47.1 Å². The van der Waals surface area contributed by atoms with Crippen LogP contribution >= 0.6 is 15.9 Å². The number of nitrogen functional groups attached to an aromatic ring is 1. The Morgan fingerprint density at radius 1 is 1.12 bits per heavy atom. The second kappa shape index (κ2) is 4.71. The largest absolute Gasteiger partial charge is 0.398 e. The van der Waals surface area contributed by atoms with E-state index in [-0.39, 0.29) is 0 Å². The molecule has 0 aliphatic carbocycles. The van der Waals surface area contributed by atoms with Gasteiger partial charge >= 0.3 is 0 Å². The number of aryl methyl sites for hydroxylation is 1. The molecule has 2 aromatic carbocycles. The molecule has 0 unspecified atom stereocenters. The molecule has 2 rings (SSSR count). The minimum atomic E-state index is 0.875. The topological polar surface area (TPSA) is 26.0 Å². The van der Waals surface area contributed by atoms with Gasteiger partial charge in [0.1, 0.15) is 0 Å². The van der Waals surface area contributed by atoms with Gasteiger partial charge in [0.15, 0.2) is 0 Å². The van der Waals surface area contributed by atoms with Crippen molar-refractivity contribution in [3.05, 3.63) is 63.6 Å². The van der Waals surface area contributed by atoms with E-state index in [1.165, 1.54) is 16.7 Å². The van der Waals surface area contributed by atoms with Gasteiger partial charge in [-0.2, -0.15) is 0 Å². The highest BCUT2D eigenvalue weighted by Crippen LogP contribution is 2.20. The van der Waals surface area contributed by atoms with Crippen LogP contribution in [0, 0.1) is 6.92 Å². The molecule has 0 spiro atoms. The van der Waals surface area contributed by atoms with Crippen LogP contribution in [0.25, 0.3) is 0 Å². The quantitative estimate of drug-likeness (QED) is 0.826. The lowest BCUT2D eigenvalue weighted by molar-refractivity contribution is 1.19. The van der Waals surface area contributed by atoms with E-state index in [4.69, 9.17) is 5.73 Å². The summed E-state index contributed by atoms with van der Waals surface area (Å²) in [6, 6.07) is 14.5. The lowest BCUT2D eigenvalue weighted by Crippen LogP contribution is -1.96. The van der Waals surface area contributed by atoms with Gasteiger partial charge in [-0.25, -0.2) is 0 Å². The summed E-state index contributed by atoms with van der Waals surface area (Å²) in [7, 11) is 0. The number of hydrogen-bond acceptors (Lipinski definition) is 1. The van der Waals surface area contributed by atoms with Crippen molar-refractivity contribution in [1.29, 1.82) is 0 Å². The molecule has 0 fully saturated rings. The van der Waals surface area contributed by atoms with Crippen LogP contribution in [0.5, 0.6) is 0 Å². The molecular formula is C14H14BrN. The highest BCUT2D eigenvalue weighted by atomic mass is 79.9. The van der Waals surface area contributed by atoms with Crippen LogP contribution < -0.4 is 5.73 Å². The predicted octanol–water partition coefficient (Wildman–Crippen LogP) is 3.93. The normalized spacial score (nSPS) is 10.4. The smallest absolute Gasteiger partial charge is 0.0352 e. The van der Waals surface area contributed by atoms with E-state index in [0.717, 1.165) is 16.6 Å². The standard InChI is InChI=1S/C14H14BrN/c1-10-5-6-12(14(16)7-10)8-11-3-2-4-13(15)9-11/h2-7,9H,8,16H2,1H3. The number of rotatable bonds is 2. The number of benzene rings is 2. The summed E-state index contributed by atoms with van der Waals surface area (Å²) in [5.74, 6) is 0. The van der Waals surface area contributed by atoms with Gasteiger partial charge in [0.25, 0.3) is 0 Å². The molecule has 1 nitrogen and oxygen atoms in total. The van der Waals surface area contributed by atoms with Gasteiger partial charge in [-0.15, -0.1) is 0 Å². The van der Waals surface area contributed by atoms with E-state index >= 15 is 0 Å². The summed E-state index contributed by atoms with van der Waals surface area (Å²) < 4.78 is 1.11. The van der Waals surface area contributed by atoms with Crippen molar-refractivity contribution in [3.8, 4) is 0 Å². The molecule has 0 atom stereocenters. The van der Waals surface area contributed by atoms with Crippen molar-refractivity contribution in [2.75, 3.05) is 5.73 Å². The zero-order chi connectivity index (χ0) is 11.5. The van der Waals surface area contributed by atoms with Gasteiger partial charge in [0.2, 0.25) is 0 Å². The molecule has 0 aromatic heterocycles. The molecule has 16 heavy (non-hydrogen) atoms. The van der Waals surface area contributed by atoms with Gasteiger partial charge < -0.3 is 5.73 Å². The number of halogens is 1. The third kappa shape index (κ3) is 2.64. The lowest BCUT2D eigenvalue weighted by atomic mass is 10.0. The van der Waals surface area contributed by atoms with Crippen LogP contribution in [0.15, 0.2) is 46.9 Å². The molecule has 82 valence electrons. The molecule has 0 saturated carbocycles. The number of nitrogens with two attached hydrogens (primary N) is 1. The maximum atomic E-state index is 6.00. The second-order valence-electron chi connectivity index (χ2n) is 4.01. The maximum absolute atomic E-state index is 6.00. The van der Waals surface area contributed by atoms with Crippen LogP contribution in [0.2, 0.25) is 0 Å². The van der Waals surface area contributed by atoms with Gasteiger partial charge in [0.05, 0.1) is 0 Å². The fraction of sp³-hybridized carbons (Fsp3) is 0.143. The lowest BCUT2D eigenvalue weighted by Gasteiger charge is -2.07. The second-order valence-corrected chi connectivity index (χ2v) is 4.92. The Labute approximate surface area is 104 Å². The third-order valence-corrected chi connectivity index (χ3v) is 3.08. The van der Waals surface area contributed by atoms with E-state index in [1.807, 2.05) is 18.2 Å². The molecule has 0 amide bonds. The van der Waals surface area contributed by atoms with Gasteiger partial charge in [-0.3, -0.25) is 0 Å². The van der Waals surface area contributed by atoms with Crippen molar-refractivity contribution < 1.29 is 0 Å². The fourth-order valence-electron chi connectivity index (χ4n) is 1.74. The molecule has 0 bridgehead atoms. The summed E-state index contributed by atoms with van der Waals surface area (Å²) in [5.41, 5.74) is 10.5. The van der Waals surface area contributed by atoms with Crippen molar-refractivity contribution in [2.45, 2.75) is 13.3 Å². The Bertz CT molecular complexity index is 506. The first-order valence-electron chi connectivity index (χ1n) is 5.24. The van der Waals surface area contributed by atoms with Crippen molar-refractivity contribution >= 4 is 21.6 Å². The monoisotopic (exact) mass is 275 g/mol. The Kier molecular flexibility index (Phi) is 3.30. The van der Waals surface area contributed by atoms with E-state index < -0.39 is 0 Å². The van der Waals surface area contributed by atoms with Crippen LogP contribution in [-0.4, -0.2) is 0 Å². The summed E-state index contributed by atoms with van der Waals surface area (Å²) >= 11 is 3.47. The van der Waals surface area contributed by atoms with Crippen LogP contribution in [0.3, 0.4) is 0 Å². The first-order chi connectivity index (χ1) is 7.65. The number of anilines is 1. The Morgan fingerprint density at radius 3 is 2.62 bits per heavy atom. The average Bonchev–Trinajstić information content (AvgIpc) is 2.22. The summed E-state index contributed by atoms with van der Waals surface area (Å²) in [5, 5.41) is 0. The van der Waals surface area contributed by atoms with Gasteiger partial charge in [0, 0.05) is 10.2 Å². The van der Waals surface area contributed by atoms with Crippen LogP contribution in [0.4, 0.5) is 5.69 Å². The Hall–Kier alpha value is -1.28. The van der Waals surface area contributed by atoms with E-state index in [9.17, 15) is 0 Å². The fourth-order valence-corrected chi connectivity index (χ4v) is 2.19. The SMILES string of the molecule is Cc1ccc(Cc2cccc(Br)c2)c(N)c1. The number of hydrogen-bond donors (Lipinski definition) is 1. The molecule has 2 heteroatoms. The van der Waals surface area contributed by atoms with Crippen LogP contribution in [-0.2, 0) is 6.42 Å². The molecule has 0 aliphatic heterocycles. The first kappa shape index (κ1) is 11.2. The zero-order valence-corrected chi connectivity index (χ0v) is 10.8. The van der Waals surface area contributed by atoms with Crippen molar-refractivity contribution in [3.63, 3.8) is 0 Å². The molecule has 0 aliphatic rings. The minimum Gasteiger partial charge on any atom is -0.398 e. The summed E-state index contributed by atoms with van der Waals surface area (Å²) in [6.45, 7) is 2.05. The molecular weight excluding hydrogens is 262 g/mol. The molecule has 0 saturated heterocycles. The Balaban J connectivity index is 2.27. The first-order valence-corrected chi connectivity index (χ1v) is 6.04. The third-order valence-electron chi connectivity index (χ3n) is 2.58. The highest BCUT2D eigenvalue weighted by molar-refractivity contribution is 9.10. The summed E-state index contributed by atoms with van der Waals surface area (Å²) in [4.78, 5) is 0. The van der Waals surface area contributed by atoms with Crippen LogP contribution in [0.1, 0.15) is 16.7 Å². The molecule has 2 aromatic rings. The zero-order valence-electron chi connectivity index (χ0n) is 9.20. The van der Waals surface area contributed by atoms with E-state index in [1.54, 1.807) is 0 Å². The average molecular weight is 276 g/mol. The summed E-state index contributed by atoms with van der Waals surface area (Å²) in [6.07, 6.45) is 0.881. The minimum absolute atomic E-state index is 0.875. The maximum Gasteiger partial charge on any atom is 0.0352 e. The molecule has 2 N–H and O–H groups in total. The molecule has 0 radical (unpaired) electrons. The molecule has 0 heterocycles. The van der Waals surface area contributed by atoms with Crippen molar-refractivity contribution in [1.82, 2.24) is 0 Å². The van der Waals surface area contributed by atoms with Gasteiger partial charge in [-0.1, -0.05) is 40.2 Å².